The molecule has 1 fully saturated rings. The Morgan fingerprint density at radius 3 is 2.44 bits per heavy atom. The molecular formula is C25H26N4O3. The Kier molecular flexibility index (Phi) is 6.65. The maximum absolute atomic E-state index is 11.8. The molecule has 2 aromatic carbocycles. The average Bonchev–Trinajstić information content (AvgIpc) is 2.84. The number of amides is 1. The van der Waals surface area contributed by atoms with Gasteiger partial charge >= 0.3 is 0 Å². The monoisotopic (exact) mass is 430 g/mol. The van der Waals surface area contributed by atoms with Crippen LogP contribution < -0.4 is 15.2 Å². The predicted molar refractivity (Wildman–Crippen MR) is 123 cm³/mol. The SMILES string of the molecule is C=CC(=O)N1CCC(COc2ncnc(N)c2-c2ccc(Oc3ccccc3)cc2)CC1. The van der Waals surface area contributed by atoms with E-state index in [-0.39, 0.29) is 5.91 Å². The normalized spacial score (nSPS) is 14.1. The molecule has 0 unspecified atom stereocenters. The van der Waals surface area contributed by atoms with Crippen molar-refractivity contribution in [2.24, 2.45) is 5.92 Å². The van der Waals surface area contributed by atoms with Crippen LogP contribution in [0.15, 0.2) is 73.6 Å². The van der Waals surface area contributed by atoms with Crippen molar-refractivity contribution in [3.05, 3.63) is 73.6 Å². The summed E-state index contributed by atoms with van der Waals surface area (Å²) in [4.78, 5) is 22.0. The zero-order chi connectivity index (χ0) is 22.3. The van der Waals surface area contributed by atoms with E-state index in [0.717, 1.165) is 29.9 Å². The van der Waals surface area contributed by atoms with Crippen molar-refractivity contribution in [2.75, 3.05) is 25.4 Å². The summed E-state index contributed by atoms with van der Waals surface area (Å²) in [6.45, 7) is 5.48. The van der Waals surface area contributed by atoms with Gasteiger partial charge in [-0.25, -0.2) is 9.97 Å². The van der Waals surface area contributed by atoms with Gasteiger partial charge in [-0.05, 0) is 54.7 Å². The van der Waals surface area contributed by atoms with Crippen molar-refractivity contribution in [1.29, 1.82) is 0 Å². The lowest BCUT2D eigenvalue weighted by Crippen LogP contribution is -2.38. The standard InChI is InChI=1S/C25H26N4O3/c1-2-22(30)29-14-12-18(13-15-29)16-31-25-23(24(26)27-17-28-25)19-8-10-21(11-9-19)32-20-6-4-3-5-7-20/h2-11,17-18H,1,12-16H2,(H2,26,27,28). The van der Waals surface area contributed by atoms with Crippen LogP contribution in [0.5, 0.6) is 17.4 Å². The Morgan fingerprint density at radius 2 is 1.75 bits per heavy atom. The van der Waals surface area contributed by atoms with Crippen LogP contribution in [0.2, 0.25) is 0 Å². The molecule has 0 bridgehead atoms. The number of hydrogen-bond acceptors (Lipinski definition) is 6. The highest BCUT2D eigenvalue weighted by Gasteiger charge is 2.23. The minimum absolute atomic E-state index is 0.0186. The van der Waals surface area contributed by atoms with Crippen LogP contribution in [0.1, 0.15) is 12.8 Å². The highest BCUT2D eigenvalue weighted by atomic mass is 16.5. The molecule has 3 aromatic rings. The number of nitrogens with two attached hydrogens (primary N) is 1. The number of hydrogen-bond donors (Lipinski definition) is 1. The van der Waals surface area contributed by atoms with Crippen molar-refractivity contribution >= 4 is 11.7 Å². The van der Waals surface area contributed by atoms with Gasteiger partial charge in [-0.2, -0.15) is 0 Å². The maximum Gasteiger partial charge on any atom is 0.245 e. The number of likely N-dealkylation sites (tertiary alicyclic amines) is 1. The van der Waals surface area contributed by atoms with Crippen LogP contribution in [0.25, 0.3) is 11.1 Å². The van der Waals surface area contributed by atoms with E-state index in [1.54, 1.807) is 0 Å². The largest absolute Gasteiger partial charge is 0.477 e. The van der Waals surface area contributed by atoms with E-state index in [9.17, 15) is 4.79 Å². The van der Waals surface area contributed by atoms with Crippen molar-refractivity contribution in [2.45, 2.75) is 12.8 Å². The number of aromatic nitrogens is 2. The van der Waals surface area contributed by atoms with E-state index in [1.807, 2.05) is 59.5 Å². The molecule has 1 saturated heterocycles. The summed E-state index contributed by atoms with van der Waals surface area (Å²) in [5.41, 5.74) is 7.69. The van der Waals surface area contributed by atoms with Gasteiger partial charge in [0.1, 0.15) is 23.6 Å². The molecule has 2 heterocycles. The summed E-state index contributed by atoms with van der Waals surface area (Å²) in [6, 6.07) is 17.2. The molecule has 7 nitrogen and oxygen atoms in total. The molecule has 1 aliphatic heterocycles. The summed E-state index contributed by atoms with van der Waals surface area (Å²) < 4.78 is 11.9. The Bertz CT molecular complexity index is 1060. The zero-order valence-corrected chi connectivity index (χ0v) is 17.8. The number of para-hydroxylation sites is 1. The Hall–Kier alpha value is -3.87. The van der Waals surface area contributed by atoms with E-state index < -0.39 is 0 Å². The number of carbonyl (C=O) groups excluding carboxylic acids is 1. The fourth-order valence-electron chi connectivity index (χ4n) is 3.72. The molecule has 1 aromatic heterocycles. The molecule has 1 aliphatic rings. The Labute approximate surface area is 187 Å². The zero-order valence-electron chi connectivity index (χ0n) is 17.8. The first kappa shape index (κ1) is 21.4. The van der Waals surface area contributed by atoms with Gasteiger partial charge in [-0.3, -0.25) is 4.79 Å². The summed E-state index contributed by atoms with van der Waals surface area (Å²) in [5, 5.41) is 0. The molecule has 32 heavy (non-hydrogen) atoms. The van der Waals surface area contributed by atoms with Gasteiger partial charge in [0.2, 0.25) is 11.8 Å². The first-order chi connectivity index (χ1) is 15.6. The van der Waals surface area contributed by atoms with Crippen LogP contribution in [0.4, 0.5) is 5.82 Å². The van der Waals surface area contributed by atoms with Crippen LogP contribution in [-0.2, 0) is 4.79 Å². The topological polar surface area (TPSA) is 90.6 Å². The molecular weight excluding hydrogens is 404 g/mol. The van der Waals surface area contributed by atoms with E-state index in [2.05, 4.69) is 16.5 Å². The van der Waals surface area contributed by atoms with Crippen LogP contribution in [-0.4, -0.2) is 40.5 Å². The molecule has 2 N–H and O–H groups in total. The van der Waals surface area contributed by atoms with E-state index in [0.29, 0.717) is 42.9 Å². The van der Waals surface area contributed by atoms with Crippen LogP contribution in [0.3, 0.4) is 0 Å². The molecule has 7 heteroatoms. The lowest BCUT2D eigenvalue weighted by atomic mass is 9.97. The fraction of sp³-hybridized carbons (Fsp3) is 0.240. The second kappa shape index (κ2) is 9.96. The van der Waals surface area contributed by atoms with Gasteiger partial charge < -0.3 is 20.1 Å². The number of benzene rings is 2. The summed E-state index contributed by atoms with van der Waals surface area (Å²) in [5.74, 6) is 2.63. The molecule has 0 saturated carbocycles. The van der Waals surface area contributed by atoms with Crippen molar-refractivity contribution < 1.29 is 14.3 Å². The van der Waals surface area contributed by atoms with E-state index in [4.69, 9.17) is 15.2 Å². The number of carbonyl (C=O) groups is 1. The van der Waals surface area contributed by atoms with Gasteiger partial charge in [0.25, 0.3) is 0 Å². The minimum Gasteiger partial charge on any atom is -0.477 e. The van der Waals surface area contributed by atoms with Crippen molar-refractivity contribution in [3.63, 3.8) is 0 Å². The number of anilines is 1. The molecule has 0 radical (unpaired) electrons. The number of ether oxygens (including phenoxy) is 2. The summed E-state index contributed by atoms with van der Waals surface area (Å²) in [7, 11) is 0. The number of rotatable bonds is 7. The highest BCUT2D eigenvalue weighted by Crippen LogP contribution is 2.34. The molecule has 0 atom stereocenters. The molecule has 0 spiro atoms. The van der Waals surface area contributed by atoms with Crippen LogP contribution in [0, 0.1) is 5.92 Å². The smallest absolute Gasteiger partial charge is 0.245 e. The first-order valence-electron chi connectivity index (χ1n) is 10.6. The molecule has 1 amide bonds. The Balaban J connectivity index is 1.43. The average molecular weight is 431 g/mol. The van der Waals surface area contributed by atoms with Gasteiger partial charge in [-0.1, -0.05) is 36.9 Å². The lowest BCUT2D eigenvalue weighted by molar-refractivity contribution is -0.127. The third-order valence-corrected chi connectivity index (χ3v) is 5.52. The first-order valence-corrected chi connectivity index (χ1v) is 10.6. The highest BCUT2D eigenvalue weighted by molar-refractivity contribution is 5.87. The van der Waals surface area contributed by atoms with Crippen LogP contribution >= 0.6 is 0 Å². The molecule has 0 aliphatic carbocycles. The summed E-state index contributed by atoms with van der Waals surface area (Å²) in [6.07, 6.45) is 4.53. The van der Waals surface area contributed by atoms with Gasteiger partial charge in [-0.15, -0.1) is 0 Å². The third kappa shape index (κ3) is 5.06. The summed E-state index contributed by atoms with van der Waals surface area (Å²) >= 11 is 0. The van der Waals surface area contributed by atoms with Gasteiger partial charge in [0.15, 0.2) is 0 Å². The third-order valence-electron chi connectivity index (χ3n) is 5.52. The van der Waals surface area contributed by atoms with Crippen molar-refractivity contribution in [1.82, 2.24) is 14.9 Å². The van der Waals surface area contributed by atoms with Gasteiger partial charge in [0, 0.05) is 13.1 Å². The minimum atomic E-state index is -0.0186. The number of nitrogen functional groups attached to an aromatic ring is 1. The Morgan fingerprint density at radius 1 is 1.06 bits per heavy atom. The van der Waals surface area contributed by atoms with E-state index in [1.165, 1.54) is 12.4 Å². The number of nitrogens with zero attached hydrogens (tertiary/aromatic N) is 3. The second-order valence-corrected chi connectivity index (χ2v) is 7.66. The quantitative estimate of drug-likeness (QED) is 0.562. The lowest BCUT2D eigenvalue weighted by Gasteiger charge is -2.31. The second-order valence-electron chi connectivity index (χ2n) is 7.66. The van der Waals surface area contributed by atoms with Crippen molar-refractivity contribution in [3.8, 4) is 28.5 Å². The predicted octanol–water partition coefficient (Wildman–Crippen LogP) is 4.32. The van der Waals surface area contributed by atoms with Gasteiger partial charge in [0.05, 0.1) is 12.2 Å². The molecule has 164 valence electrons. The van der Waals surface area contributed by atoms with E-state index >= 15 is 0 Å². The maximum atomic E-state index is 11.8. The fourth-order valence-corrected chi connectivity index (χ4v) is 3.72. The number of piperidine rings is 1. The molecule has 4 rings (SSSR count).